The molecule has 0 bridgehead atoms. The number of hydrogen-bond acceptors (Lipinski definition) is 2. The fourth-order valence-corrected chi connectivity index (χ4v) is 2.14. The van der Waals surface area contributed by atoms with Gasteiger partial charge in [0.1, 0.15) is 0 Å². The standard InChI is InChI=1S/C14H27N3O2/c1-11(2)15-13(19)17-8-6-7-16(9-10-17)12(18)14(3,4)5/h11H,6-10H2,1-5H3,(H,15,19). The van der Waals surface area contributed by atoms with Gasteiger partial charge < -0.3 is 15.1 Å². The molecule has 0 aliphatic carbocycles. The van der Waals surface area contributed by atoms with Gasteiger partial charge in [0.25, 0.3) is 0 Å². The molecule has 19 heavy (non-hydrogen) atoms. The Labute approximate surface area is 116 Å². The van der Waals surface area contributed by atoms with Crippen LogP contribution in [0.1, 0.15) is 41.0 Å². The molecular formula is C14H27N3O2. The molecule has 0 aromatic heterocycles. The largest absolute Gasteiger partial charge is 0.340 e. The van der Waals surface area contributed by atoms with Crippen molar-refractivity contribution in [3.63, 3.8) is 0 Å². The van der Waals surface area contributed by atoms with Crippen LogP contribution in [-0.4, -0.2) is 54.0 Å². The number of nitrogens with zero attached hydrogens (tertiary/aromatic N) is 2. The maximum atomic E-state index is 12.2. The summed E-state index contributed by atoms with van der Waals surface area (Å²) in [4.78, 5) is 27.9. The molecule has 0 radical (unpaired) electrons. The number of hydrogen-bond donors (Lipinski definition) is 1. The molecule has 1 heterocycles. The van der Waals surface area contributed by atoms with E-state index in [9.17, 15) is 9.59 Å². The van der Waals surface area contributed by atoms with E-state index in [2.05, 4.69) is 5.32 Å². The van der Waals surface area contributed by atoms with Gasteiger partial charge in [-0.2, -0.15) is 0 Å². The lowest BCUT2D eigenvalue weighted by atomic mass is 9.94. The molecule has 1 saturated heterocycles. The Morgan fingerprint density at radius 1 is 1.00 bits per heavy atom. The van der Waals surface area contributed by atoms with E-state index in [0.29, 0.717) is 19.6 Å². The summed E-state index contributed by atoms with van der Waals surface area (Å²) in [6.07, 6.45) is 0.841. The molecule has 1 N–H and O–H groups in total. The molecule has 0 aromatic rings. The summed E-state index contributed by atoms with van der Waals surface area (Å²) in [5, 5.41) is 2.90. The Hall–Kier alpha value is -1.26. The maximum Gasteiger partial charge on any atom is 0.317 e. The second kappa shape index (κ2) is 6.26. The second-order valence-electron chi connectivity index (χ2n) is 6.49. The van der Waals surface area contributed by atoms with Crippen LogP contribution in [0.4, 0.5) is 4.79 Å². The summed E-state index contributed by atoms with van der Waals surface area (Å²) >= 11 is 0. The number of carbonyl (C=O) groups excluding carboxylic acids is 2. The van der Waals surface area contributed by atoms with Gasteiger partial charge >= 0.3 is 6.03 Å². The summed E-state index contributed by atoms with van der Waals surface area (Å²) in [7, 11) is 0. The van der Waals surface area contributed by atoms with Crippen LogP contribution in [0.5, 0.6) is 0 Å². The van der Waals surface area contributed by atoms with E-state index in [1.54, 1.807) is 4.90 Å². The van der Waals surface area contributed by atoms with Gasteiger partial charge in [-0.15, -0.1) is 0 Å². The Morgan fingerprint density at radius 2 is 1.53 bits per heavy atom. The molecule has 5 nitrogen and oxygen atoms in total. The van der Waals surface area contributed by atoms with Gasteiger partial charge in [-0.1, -0.05) is 20.8 Å². The van der Waals surface area contributed by atoms with Crippen molar-refractivity contribution in [2.75, 3.05) is 26.2 Å². The molecule has 0 spiro atoms. The minimum Gasteiger partial charge on any atom is -0.340 e. The van der Waals surface area contributed by atoms with Gasteiger partial charge in [-0.25, -0.2) is 4.79 Å². The molecule has 1 fully saturated rings. The van der Waals surface area contributed by atoms with Crippen molar-refractivity contribution >= 4 is 11.9 Å². The van der Waals surface area contributed by atoms with Crippen LogP contribution in [-0.2, 0) is 4.79 Å². The van der Waals surface area contributed by atoms with E-state index in [0.717, 1.165) is 13.0 Å². The smallest absolute Gasteiger partial charge is 0.317 e. The van der Waals surface area contributed by atoms with Crippen LogP contribution < -0.4 is 5.32 Å². The lowest BCUT2D eigenvalue weighted by molar-refractivity contribution is -0.139. The summed E-state index contributed by atoms with van der Waals surface area (Å²) in [6.45, 7) is 12.4. The zero-order chi connectivity index (χ0) is 14.6. The summed E-state index contributed by atoms with van der Waals surface area (Å²) in [6, 6.07) is 0.114. The van der Waals surface area contributed by atoms with Gasteiger partial charge in [0.15, 0.2) is 0 Å². The monoisotopic (exact) mass is 269 g/mol. The Bertz CT molecular complexity index is 334. The predicted molar refractivity (Wildman–Crippen MR) is 75.9 cm³/mol. The highest BCUT2D eigenvalue weighted by Crippen LogP contribution is 2.18. The third kappa shape index (κ3) is 4.73. The lowest BCUT2D eigenvalue weighted by Crippen LogP contribution is -2.45. The molecule has 5 heteroatoms. The van der Waals surface area contributed by atoms with Gasteiger partial charge in [-0.3, -0.25) is 4.79 Å². The van der Waals surface area contributed by atoms with Crippen LogP contribution in [0.3, 0.4) is 0 Å². The average Bonchev–Trinajstić information content (AvgIpc) is 2.51. The Balaban J connectivity index is 2.57. The highest BCUT2D eigenvalue weighted by Gasteiger charge is 2.29. The van der Waals surface area contributed by atoms with Crippen molar-refractivity contribution in [3.05, 3.63) is 0 Å². The lowest BCUT2D eigenvalue weighted by Gasteiger charge is -2.28. The fraction of sp³-hybridized carbons (Fsp3) is 0.857. The molecule has 1 aliphatic heterocycles. The zero-order valence-corrected chi connectivity index (χ0v) is 12.8. The molecule has 0 saturated carbocycles. The number of amides is 3. The first-order chi connectivity index (χ1) is 8.71. The van der Waals surface area contributed by atoms with Crippen LogP contribution in [0.25, 0.3) is 0 Å². The number of nitrogens with one attached hydrogen (secondary N) is 1. The third-order valence-corrected chi connectivity index (χ3v) is 3.12. The quantitative estimate of drug-likeness (QED) is 0.787. The minimum absolute atomic E-state index is 0.0277. The molecule has 0 unspecified atom stereocenters. The van der Waals surface area contributed by atoms with Gasteiger partial charge in [0.05, 0.1) is 0 Å². The topological polar surface area (TPSA) is 52.7 Å². The van der Waals surface area contributed by atoms with Crippen LogP contribution in [0, 0.1) is 5.41 Å². The SMILES string of the molecule is CC(C)NC(=O)N1CCCN(C(=O)C(C)(C)C)CC1. The first-order valence-electron chi connectivity index (χ1n) is 7.06. The summed E-state index contributed by atoms with van der Waals surface area (Å²) in [5.74, 6) is 0.165. The van der Waals surface area contributed by atoms with Crippen molar-refractivity contribution < 1.29 is 9.59 Å². The van der Waals surface area contributed by atoms with E-state index in [-0.39, 0.29) is 23.4 Å². The van der Waals surface area contributed by atoms with Crippen molar-refractivity contribution in [1.82, 2.24) is 15.1 Å². The van der Waals surface area contributed by atoms with E-state index < -0.39 is 0 Å². The molecule has 110 valence electrons. The molecule has 1 rings (SSSR count). The normalized spacial score (nSPS) is 17.4. The first kappa shape index (κ1) is 15.8. The Kier molecular flexibility index (Phi) is 5.20. The van der Waals surface area contributed by atoms with Gasteiger partial charge in [0.2, 0.25) is 5.91 Å². The number of rotatable bonds is 1. The van der Waals surface area contributed by atoms with Crippen LogP contribution in [0.15, 0.2) is 0 Å². The molecular weight excluding hydrogens is 242 g/mol. The minimum atomic E-state index is -0.352. The van der Waals surface area contributed by atoms with Crippen molar-refractivity contribution in [2.45, 2.75) is 47.1 Å². The number of urea groups is 1. The number of carbonyl (C=O) groups is 2. The molecule has 1 aliphatic rings. The zero-order valence-electron chi connectivity index (χ0n) is 12.8. The van der Waals surface area contributed by atoms with E-state index >= 15 is 0 Å². The molecule has 0 atom stereocenters. The van der Waals surface area contributed by atoms with Crippen molar-refractivity contribution in [1.29, 1.82) is 0 Å². The predicted octanol–water partition coefficient (Wildman–Crippen LogP) is 1.68. The first-order valence-corrected chi connectivity index (χ1v) is 7.06. The highest BCUT2D eigenvalue weighted by atomic mass is 16.2. The summed E-state index contributed by atoms with van der Waals surface area (Å²) < 4.78 is 0. The van der Waals surface area contributed by atoms with E-state index in [1.807, 2.05) is 39.5 Å². The van der Waals surface area contributed by atoms with Crippen LogP contribution >= 0.6 is 0 Å². The average molecular weight is 269 g/mol. The molecule has 0 aromatic carbocycles. The Morgan fingerprint density at radius 3 is 2.05 bits per heavy atom. The van der Waals surface area contributed by atoms with Crippen molar-refractivity contribution in [3.8, 4) is 0 Å². The highest BCUT2D eigenvalue weighted by molar-refractivity contribution is 5.81. The van der Waals surface area contributed by atoms with Crippen LogP contribution in [0.2, 0.25) is 0 Å². The third-order valence-electron chi connectivity index (χ3n) is 3.12. The van der Waals surface area contributed by atoms with Crippen molar-refractivity contribution in [2.24, 2.45) is 5.41 Å². The van der Waals surface area contributed by atoms with E-state index in [1.165, 1.54) is 0 Å². The maximum absolute atomic E-state index is 12.2. The van der Waals surface area contributed by atoms with Gasteiger partial charge in [0, 0.05) is 37.6 Å². The molecule has 3 amide bonds. The van der Waals surface area contributed by atoms with Gasteiger partial charge in [-0.05, 0) is 20.3 Å². The second-order valence-corrected chi connectivity index (χ2v) is 6.49. The van der Waals surface area contributed by atoms with E-state index in [4.69, 9.17) is 0 Å². The fourth-order valence-electron chi connectivity index (χ4n) is 2.14. The summed E-state index contributed by atoms with van der Waals surface area (Å²) in [5.41, 5.74) is -0.352.